The fourth-order valence-electron chi connectivity index (χ4n) is 2.87. The van der Waals surface area contributed by atoms with Crippen molar-refractivity contribution in [3.8, 4) is 11.5 Å². The Morgan fingerprint density at radius 3 is 2.00 bits per heavy atom. The third-order valence-corrected chi connectivity index (χ3v) is 4.47. The van der Waals surface area contributed by atoms with Gasteiger partial charge in [-0.15, -0.1) is 0 Å². The largest absolute Gasteiger partial charge is 0.492 e. The van der Waals surface area contributed by atoms with Crippen LogP contribution in [0.3, 0.4) is 0 Å². The summed E-state index contributed by atoms with van der Waals surface area (Å²) in [6.07, 6.45) is 1.39. The summed E-state index contributed by atoms with van der Waals surface area (Å²) < 4.78 is 10.7. The first-order chi connectivity index (χ1) is 12.7. The first-order valence-electron chi connectivity index (χ1n) is 8.77. The van der Waals surface area contributed by atoms with Gasteiger partial charge in [0.2, 0.25) is 0 Å². The highest BCUT2D eigenvalue weighted by molar-refractivity contribution is 6.14. The molecule has 0 saturated heterocycles. The highest BCUT2D eigenvalue weighted by atomic mass is 16.5. The molecule has 0 radical (unpaired) electrons. The summed E-state index contributed by atoms with van der Waals surface area (Å²) in [6.45, 7) is 10.1. The fraction of sp³-hybridized carbons (Fsp3) is 0.304. The zero-order valence-electron chi connectivity index (χ0n) is 16.6. The van der Waals surface area contributed by atoms with Gasteiger partial charge in [0.15, 0.2) is 23.1 Å². The fourth-order valence-corrected chi connectivity index (χ4v) is 2.87. The highest BCUT2D eigenvalue weighted by Gasteiger charge is 2.22. The van der Waals surface area contributed by atoms with Crippen molar-refractivity contribution in [1.82, 2.24) is 0 Å². The van der Waals surface area contributed by atoms with Gasteiger partial charge in [-0.2, -0.15) is 0 Å². The lowest BCUT2D eigenvalue weighted by molar-refractivity contribution is 0.0892. The minimum Gasteiger partial charge on any atom is -0.492 e. The van der Waals surface area contributed by atoms with Crippen molar-refractivity contribution in [2.45, 2.75) is 32.6 Å². The number of ether oxygens (including phenoxy) is 2. The van der Waals surface area contributed by atoms with Gasteiger partial charge in [0.1, 0.15) is 0 Å². The van der Waals surface area contributed by atoms with Gasteiger partial charge in [-0.3, -0.25) is 9.59 Å². The van der Waals surface area contributed by atoms with Crippen LogP contribution in [0.15, 0.2) is 43.0 Å². The van der Waals surface area contributed by atoms with Crippen molar-refractivity contribution in [2.75, 3.05) is 14.2 Å². The molecule has 0 aliphatic rings. The Kier molecular flexibility index (Phi) is 6.21. The van der Waals surface area contributed by atoms with Crippen LogP contribution in [0.2, 0.25) is 0 Å². The summed E-state index contributed by atoms with van der Waals surface area (Å²) in [5, 5.41) is 0. The highest BCUT2D eigenvalue weighted by Crippen LogP contribution is 2.36. The Morgan fingerprint density at radius 1 is 0.926 bits per heavy atom. The third-order valence-electron chi connectivity index (χ3n) is 4.47. The Hall–Kier alpha value is -2.88. The summed E-state index contributed by atoms with van der Waals surface area (Å²) in [6, 6.07) is 10.8. The molecular formula is C23H26O4. The van der Waals surface area contributed by atoms with Gasteiger partial charge in [0.25, 0.3) is 0 Å². The van der Waals surface area contributed by atoms with Crippen molar-refractivity contribution in [3.05, 3.63) is 65.2 Å². The van der Waals surface area contributed by atoms with Crippen LogP contribution in [-0.4, -0.2) is 25.8 Å². The molecule has 0 aliphatic carbocycles. The molecule has 0 fully saturated rings. The Labute approximate surface area is 160 Å². The standard InChI is InChI=1S/C23H26O4/c1-7-15-10-13-18(22(27-6)21(15)26-5)20(25)14-19(24)16-8-11-17(12-9-16)23(2,3)4/h7-13H,1,14H2,2-6H3. The van der Waals surface area contributed by atoms with E-state index in [-0.39, 0.29) is 23.4 Å². The zero-order valence-corrected chi connectivity index (χ0v) is 16.6. The molecule has 4 heteroatoms. The van der Waals surface area contributed by atoms with Crippen molar-refractivity contribution < 1.29 is 19.1 Å². The number of benzene rings is 2. The van der Waals surface area contributed by atoms with E-state index in [2.05, 4.69) is 27.4 Å². The molecule has 0 N–H and O–H groups in total. The Morgan fingerprint density at radius 2 is 1.52 bits per heavy atom. The van der Waals surface area contributed by atoms with Crippen LogP contribution in [0.4, 0.5) is 0 Å². The molecule has 0 heterocycles. The number of rotatable bonds is 7. The van der Waals surface area contributed by atoms with Crippen LogP contribution < -0.4 is 9.47 Å². The van der Waals surface area contributed by atoms with E-state index < -0.39 is 0 Å². The van der Waals surface area contributed by atoms with E-state index in [0.717, 1.165) is 11.1 Å². The maximum absolute atomic E-state index is 12.7. The van der Waals surface area contributed by atoms with Gasteiger partial charge < -0.3 is 9.47 Å². The summed E-state index contributed by atoms with van der Waals surface area (Å²) in [7, 11) is 2.97. The van der Waals surface area contributed by atoms with E-state index in [1.54, 1.807) is 30.3 Å². The molecule has 0 amide bonds. The number of methoxy groups -OCH3 is 2. The second-order valence-corrected chi connectivity index (χ2v) is 7.32. The summed E-state index contributed by atoms with van der Waals surface area (Å²) in [4.78, 5) is 25.3. The van der Waals surface area contributed by atoms with E-state index in [4.69, 9.17) is 9.47 Å². The maximum atomic E-state index is 12.7. The van der Waals surface area contributed by atoms with E-state index in [1.807, 2.05) is 12.1 Å². The van der Waals surface area contributed by atoms with Crippen molar-refractivity contribution in [3.63, 3.8) is 0 Å². The predicted octanol–water partition coefficient (Wildman–Crippen LogP) is 5.10. The van der Waals surface area contributed by atoms with E-state index in [0.29, 0.717) is 22.6 Å². The molecule has 2 aromatic rings. The second-order valence-electron chi connectivity index (χ2n) is 7.32. The second kappa shape index (κ2) is 8.21. The Bertz CT molecular complexity index is 855. The average molecular weight is 366 g/mol. The minimum absolute atomic E-state index is 0.00815. The minimum atomic E-state index is -0.314. The van der Waals surface area contributed by atoms with Gasteiger partial charge in [0.05, 0.1) is 26.2 Å². The predicted molar refractivity (Wildman–Crippen MR) is 108 cm³/mol. The Balaban J connectivity index is 2.27. The first-order valence-corrected chi connectivity index (χ1v) is 8.77. The van der Waals surface area contributed by atoms with Gasteiger partial charge >= 0.3 is 0 Å². The van der Waals surface area contributed by atoms with Crippen LogP contribution in [0, 0.1) is 0 Å². The lowest BCUT2D eigenvalue weighted by atomic mass is 9.86. The lowest BCUT2D eigenvalue weighted by Crippen LogP contribution is -2.13. The van der Waals surface area contributed by atoms with Crippen LogP contribution >= 0.6 is 0 Å². The SMILES string of the molecule is C=Cc1ccc(C(=O)CC(=O)c2ccc(C(C)(C)C)cc2)c(OC)c1OC. The number of hydrogen-bond donors (Lipinski definition) is 0. The van der Waals surface area contributed by atoms with Crippen molar-refractivity contribution >= 4 is 17.6 Å². The van der Waals surface area contributed by atoms with Gasteiger partial charge in [-0.05, 0) is 17.0 Å². The number of hydrogen-bond acceptors (Lipinski definition) is 4. The normalized spacial score (nSPS) is 11.0. The van der Waals surface area contributed by atoms with Crippen molar-refractivity contribution in [1.29, 1.82) is 0 Å². The smallest absolute Gasteiger partial charge is 0.174 e. The van der Waals surface area contributed by atoms with Gasteiger partial charge in [-0.25, -0.2) is 0 Å². The monoisotopic (exact) mass is 366 g/mol. The molecule has 0 aromatic heterocycles. The average Bonchev–Trinajstić information content (AvgIpc) is 2.65. The molecule has 27 heavy (non-hydrogen) atoms. The number of ketones is 2. The third kappa shape index (κ3) is 4.45. The van der Waals surface area contributed by atoms with Crippen molar-refractivity contribution in [2.24, 2.45) is 0 Å². The van der Waals surface area contributed by atoms with Gasteiger partial charge in [0, 0.05) is 11.1 Å². The molecule has 2 rings (SSSR count). The molecule has 2 aromatic carbocycles. The quantitative estimate of drug-likeness (QED) is 0.505. The van der Waals surface area contributed by atoms with Crippen LogP contribution in [0.1, 0.15) is 59.0 Å². The zero-order chi connectivity index (χ0) is 20.2. The topological polar surface area (TPSA) is 52.6 Å². The summed E-state index contributed by atoms with van der Waals surface area (Å²) in [5.74, 6) is 0.205. The molecule has 0 saturated carbocycles. The number of carbonyl (C=O) groups is 2. The molecule has 142 valence electrons. The molecule has 0 aliphatic heterocycles. The first kappa shape index (κ1) is 20.4. The molecule has 0 unspecified atom stereocenters. The molecule has 0 bridgehead atoms. The summed E-state index contributed by atoms with van der Waals surface area (Å²) in [5.41, 5.74) is 2.70. The molecular weight excluding hydrogens is 340 g/mol. The van der Waals surface area contributed by atoms with Crippen LogP contribution in [0.25, 0.3) is 6.08 Å². The van der Waals surface area contributed by atoms with E-state index in [1.165, 1.54) is 14.2 Å². The maximum Gasteiger partial charge on any atom is 0.174 e. The molecule has 4 nitrogen and oxygen atoms in total. The summed E-state index contributed by atoms with van der Waals surface area (Å²) >= 11 is 0. The van der Waals surface area contributed by atoms with Crippen LogP contribution in [0.5, 0.6) is 11.5 Å². The van der Waals surface area contributed by atoms with E-state index >= 15 is 0 Å². The molecule has 0 spiro atoms. The van der Waals surface area contributed by atoms with E-state index in [9.17, 15) is 9.59 Å². The lowest BCUT2D eigenvalue weighted by Gasteiger charge is -2.19. The van der Waals surface area contributed by atoms with Crippen LogP contribution in [-0.2, 0) is 5.41 Å². The number of Topliss-reactive ketones (excluding diaryl/α,β-unsaturated/α-hetero) is 2. The number of carbonyl (C=O) groups excluding carboxylic acids is 2. The van der Waals surface area contributed by atoms with Gasteiger partial charge in [-0.1, -0.05) is 63.8 Å². The molecule has 0 atom stereocenters.